The van der Waals surface area contributed by atoms with Crippen molar-refractivity contribution >= 4 is 38.9 Å². The molecule has 14 heteroatoms. The highest BCUT2D eigenvalue weighted by Gasteiger charge is 2.19. The van der Waals surface area contributed by atoms with E-state index < -0.39 is 15.8 Å². The van der Waals surface area contributed by atoms with E-state index in [9.17, 15) is 12.8 Å². The number of pyridine rings is 1. The van der Waals surface area contributed by atoms with E-state index in [1.54, 1.807) is 43.5 Å². The summed E-state index contributed by atoms with van der Waals surface area (Å²) in [5.74, 6) is 1.58. The highest BCUT2D eigenvalue weighted by atomic mass is 32.2. The number of hydrogen-bond acceptors (Lipinski definition) is 10. The summed E-state index contributed by atoms with van der Waals surface area (Å²) in [4.78, 5) is 12.8. The van der Waals surface area contributed by atoms with Crippen molar-refractivity contribution in [1.29, 1.82) is 0 Å². The van der Waals surface area contributed by atoms with Gasteiger partial charge in [0, 0.05) is 23.6 Å². The minimum absolute atomic E-state index is 0.0525. The van der Waals surface area contributed by atoms with Gasteiger partial charge in [0.2, 0.25) is 5.82 Å². The second kappa shape index (κ2) is 9.94. The molecule has 12 nitrogen and oxygen atoms in total. The van der Waals surface area contributed by atoms with Crippen LogP contribution in [0, 0.1) is 12.7 Å². The molecule has 0 amide bonds. The summed E-state index contributed by atoms with van der Waals surface area (Å²) in [6.07, 6.45) is 1.67. The number of H-pyrrole nitrogens is 1. The van der Waals surface area contributed by atoms with Crippen LogP contribution >= 0.6 is 0 Å². The molecule has 2 aromatic carbocycles. The number of aromatic nitrogens is 7. The normalized spacial score (nSPS) is 11.2. The van der Waals surface area contributed by atoms with Gasteiger partial charge in [-0.2, -0.15) is 5.21 Å². The molecule has 0 spiro atoms. The van der Waals surface area contributed by atoms with Crippen LogP contribution in [0.5, 0.6) is 0 Å². The van der Waals surface area contributed by atoms with Gasteiger partial charge >= 0.3 is 0 Å². The van der Waals surface area contributed by atoms with E-state index in [2.05, 4.69) is 50.9 Å². The van der Waals surface area contributed by atoms with Crippen molar-refractivity contribution in [3.63, 3.8) is 0 Å². The Morgan fingerprint density at radius 2 is 1.62 bits per heavy atom. The number of tetrazole rings is 1. The predicted octanol–water partition coefficient (Wildman–Crippen LogP) is 3.79. The lowest BCUT2D eigenvalue weighted by Gasteiger charge is -2.12. The molecule has 0 unspecified atom stereocenters. The molecule has 0 radical (unpaired) electrons. The van der Waals surface area contributed by atoms with Gasteiger partial charge in [-0.3, -0.25) is 4.72 Å². The van der Waals surface area contributed by atoms with Gasteiger partial charge in [-0.15, -0.1) is 10.2 Å². The van der Waals surface area contributed by atoms with Crippen molar-refractivity contribution in [1.82, 2.24) is 35.6 Å². The minimum atomic E-state index is -4.01. The minimum Gasteiger partial charge on any atom is -0.340 e. The van der Waals surface area contributed by atoms with Crippen LogP contribution in [0.3, 0.4) is 0 Å². The van der Waals surface area contributed by atoms with Crippen LogP contribution in [-0.2, 0) is 10.0 Å². The van der Waals surface area contributed by atoms with Crippen molar-refractivity contribution in [3.8, 4) is 11.4 Å². The van der Waals surface area contributed by atoms with E-state index in [-0.39, 0.29) is 16.3 Å². The van der Waals surface area contributed by atoms with Crippen LogP contribution in [0.25, 0.3) is 11.4 Å². The molecule has 0 aliphatic carbocycles. The number of hydrogen-bond donors (Lipinski definition) is 4. The van der Waals surface area contributed by atoms with Gasteiger partial charge < -0.3 is 10.6 Å². The molecule has 4 N–H and O–H groups in total. The molecule has 0 saturated carbocycles. The van der Waals surface area contributed by atoms with Gasteiger partial charge in [-0.25, -0.2) is 27.8 Å². The Hall–Kier alpha value is -4.98. The molecule has 0 aliphatic rings. The smallest absolute Gasteiger partial charge is 0.261 e. The molecular formula is C23H19FN10O2S. The second-order valence-corrected chi connectivity index (χ2v) is 9.39. The van der Waals surface area contributed by atoms with Crippen LogP contribution in [0.15, 0.2) is 77.8 Å². The third kappa shape index (κ3) is 5.65. The predicted molar refractivity (Wildman–Crippen MR) is 134 cm³/mol. The van der Waals surface area contributed by atoms with Crippen molar-refractivity contribution in [2.24, 2.45) is 0 Å². The average Bonchev–Trinajstić information content (AvgIpc) is 3.40. The number of aromatic amines is 1. The van der Waals surface area contributed by atoms with Gasteiger partial charge in [0.25, 0.3) is 10.0 Å². The summed E-state index contributed by atoms with van der Waals surface area (Å²) >= 11 is 0. The number of nitrogens with one attached hydrogen (secondary N) is 4. The largest absolute Gasteiger partial charge is 0.340 e. The Kier molecular flexibility index (Phi) is 6.38. The van der Waals surface area contributed by atoms with Crippen molar-refractivity contribution in [3.05, 3.63) is 84.6 Å². The van der Waals surface area contributed by atoms with E-state index in [0.717, 1.165) is 18.2 Å². The summed E-state index contributed by atoms with van der Waals surface area (Å²) in [7, 11) is -4.01. The molecule has 5 rings (SSSR count). The van der Waals surface area contributed by atoms with Gasteiger partial charge in [0.1, 0.15) is 29.1 Å². The molecule has 0 saturated heterocycles. The summed E-state index contributed by atoms with van der Waals surface area (Å²) in [6.45, 7) is 1.77. The molecule has 0 bridgehead atoms. The first-order chi connectivity index (χ1) is 17.9. The van der Waals surface area contributed by atoms with Crippen LogP contribution in [0.2, 0.25) is 0 Å². The standard InChI is InChI=1S/C23H19FN10O2S/c1-14-26-21(13-22(27-14)29-20-4-2-3-11-25-20)28-15-5-7-16(8-6-15)32-37(35,36)17-9-10-19(24)18(12-17)23-30-33-34-31-23/h2-13,32H,1H3,(H,30,31,33,34)(H2,25,26,27,28,29). The van der Waals surface area contributed by atoms with E-state index in [4.69, 9.17) is 0 Å². The van der Waals surface area contributed by atoms with E-state index in [1.807, 2.05) is 18.2 Å². The Bertz CT molecular complexity index is 1630. The summed E-state index contributed by atoms with van der Waals surface area (Å²) in [5, 5.41) is 19.3. The van der Waals surface area contributed by atoms with Gasteiger partial charge in [-0.05, 0) is 66.7 Å². The lowest BCUT2D eigenvalue weighted by molar-refractivity contribution is 0.600. The molecule has 37 heavy (non-hydrogen) atoms. The number of aryl methyl sites for hydroxylation is 1. The maximum absolute atomic E-state index is 14.2. The molecular weight excluding hydrogens is 499 g/mol. The molecule has 0 atom stereocenters. The zero-order valence-corrected chi connectivity index (χ0v) is 20.0. The van der Waals surface area contributed by atoms with Gasteiger partial charge in [0.15, 0.2) is 0 Å². The third-order valence-corrected chi connectivity index (χ3v) is 6.38. The van der Waals surface area contributed by atoms with Crippen LogP contribution in [-0.4, -0.2) is 44.0 Å². The molecule has 3 heterocycles. The summed E-state index contributed by atoms with van der Waals surface area (Å²) < 4.78 is 42.4. The summed E-state index contributed by atoms with van der Waals surface area (Å²) in [6, 6.07) is 17.1. The number of halogens is 1. The molecule has 0 aliphatic heterocycles. The first kappa shape index (κ1) is 23.7. The van der Waals surface area contributed by atoms with Crippen molar-refractivity contribution < 1.29 is 12.8 Å². The van der Waals surface area contributed by atoms with Crippen LogP contribution in [0.1, 0.15) is 5.82 Å². The van der Waals surface area contributed by atoms with Gasteiger partial charge in [-0.1, -0.05) is 6.07 Å². The molecule has 5 aromatic rings. The third-order valence-electron chi connectivity index (χ3n) is 5.00. The average molecular weight is 519 g/mol. The number of nitrogens with zero attached hydrogens (tertiary/aromatic N) is 6. The Balaban J connectivity index is 1.30. The fourth-order valence-electron chi connectivity index (χ4n) is 3.37. The molecule has 186 valence electrons. The van der Waals surface area contributed by atoms with Crippen LogP contribution < -0.4 is 15.4 Å². The van der Waals surface area contributed by atoms with E-state index >= 15 is 0 Å². The number of rotatable bonds is 8. The first-order valence-corrected chi connectivity index (χ1v) is 12.3. The fourth-order valence-corrected chi connectivity index (χ4v) is 4.45. The lowest BCUT2D eigenvalue weighted by atomic mass is 10.2. The summed E-state index contributed by atoms with van der Waals surface area (Å²) in [5.41, 5.74) is 0.895. The highest BCUT2D eigenvalue weighted by molar-refractivity contribution is 7.92. The lowest BCUT2D eigenvalue weighted by Crippen LogP contribution is -2.13. The van der Waals surface area contributed by atoms with E-state index in [1.165, 1.54) is 0 Å². The van der Waals surface area contributed by atoms with Crippen LogP contribution in [0.4, 0.5) is 33.2 Å². The van der Waals surface area contributed by atoms with E-state index in [0.29, 0.717) is 34.7 Å². The maximum Gasteiger partial charge on any atom is 0.261 e. The Morgan fingerprint density at radius 3 is 2.32 bits per heavy atom. The fraction of sp³-hybridized carbons (Fsp3) is 0.0435. The number of benzene rings is 2. The monoisotopic (exact) mass is 518 g/mol. The zero-order valence-electron chi connectivity index (χ0n) is 19.2. The number of sulfonamides is 1. The Morgan fingerprint density at radius 1 is 0.865 bits per heavy atom. The van der Waals surface area contributed by atoms with Crippen molar-refractivity contribution in [2.45, 2.75) is 11.8 Å². The maximum atomic E-state index is 14.2. The topological polar surface area (TPSA) is 163 Å². The Labute approximate surface area is 210 Å². The van der Waals surface area contributed by atoms with Gasteiger partial charge in [0.05, 0.1) is 10.5 Å². The van der Waals surface area contributed by atoms with Crippen molar-refractivity contribution in [2.75, 3.05) is 15.4 Å². The first-order valence-electron chi connectivity index (χ1n) is 10.8. The zero-order chi connectivity index (χ0) is 25.8. The quantitative estimate of drug-likeness (QED) is 0.238. The molecule has 3 aromatic heterocycles. The number of anilines is 5. The highest BCUT2D eigenvalue weighted by Crippen LogP contribution is 2.25. The molecule has 0 fully saturated rings. The SMILES string of the molecule is Cc1nc(Nc2ccc(NS(=O)(=O)c3ccc(F)c(-c4nn[nH]n4)c3)cc2)cc(Nc2ccccn2)n1. The second-order valence-electron chi connectivity index (χ2n) is 7.71.